The Morgan fingerprint density at radius 2 is 2.32 bits per heavy atom. The third-order valence-electron chi connectivity index (χ3n) is 3.39. The lowest BCUT2D eigenvalue weighted by molar-refractivity contribution is 0.102. The fourth-order valence-corrected chi connectivity index (χ4v) is 2.44. The van der Waals surface area contributed by atoms with E-state index in [1.165, 1.54) is 0 Å². The number of rotatable bonds is 3. The molecule has 3 rings (SSSR count). The van der Waals surface area contributed by atoms with Crippen LogP contribution in [-0.4, -0.2) is 21.2 Å². The van der Waals surface area contributed by atoms with Crippen molar-refractivity contribution in [3.05, 3.63) is 46.8 Å². The summed E-state index contributed by atoms with van der Waals surface area (Å²) < 4.78 is 0. The highest BCUT2D eigenvalue weighted by Gasteiger charge is 2.22. The summed E-state index contributed by atoms with van der Waals surface area (Å²) in [6.07, 6.45) is 2.95. The number of nitrogens with zero attached hydrogens (tertiary/aromatic N) is 1. The fourth-order valence-electron chi connectivity index (χ4n) is 2.44. The highest BCUT2D eigenvalue weighted by atomic mass is 16.3. The zero-order chi connectivity index (χ0) is 13.2. The van der Waals surface area contributed by atoms with Crippen molar-refractivity contribution in [1.82, 2.24) is 10.2 Å². The number of aromatic nitrogens is 2. The van der Waals surface area contributed by atoms with Gasteiger partial charge in [-0.05, 0) is 37.0 Å². The summed E-state index contributed by atoms with van der Waals surface area (Å²) in [6.45, 7) is -0.0402. The molecule has 0 bridgehead atoms. The van der Waals surface area contributed by atoms with E-state index in [1.807, 2.05) is 6.07 Å². The van der Waals surface area contributed by atoms with E-state index in [4.69, 9.17) is 5.11 Å². The van der Waals surface area contributed by atoms with E-state index in [0.29, 0.717) is 11.4 Å². The van der Waals surface area contributed by atoms with Crippen molar-refractivity contribution < 1.29 is 9.90 Å². The topological polar surface area (TPSA) is 78.0 Å². The lowest BCUT2D eigenvalue weighted by atomic mass is 10.1. The van der Waals surface area contributed by atoms with E-state index in [9.17, 15) is 4.79 Å². The molecule has 1 aromatic carbocycles. The van der Waals surface area contributed by atoms with Crippen LogP contribution in [0.3, 0.4) is 0 Å². The molecule has 5 heteroatoms. The molecular formula is C14H15N3O2. The SMILES string of the molecule is O=C(Nc1cccc(CO)c1)c1n[nH]c2c1CCC2. The Hall–Kier alpha value is -2.14. The van der Waals surface area contributed by atoms with Crippen LogP contribution in [0.15, 0.2) is 24.3 Å². The van der Waals surface area contributed by atoms with Gasteiger partial charge in [0.25, 0.3) is 5.91 Å². The second-order valence-corrected chi connectivity index (χ2v) is 4.70. The molecule has 0 atom stereocenters. The van der Waals surface area contributed by atoms with Crippen molar-refractivity contribution in [2.75, 3.05) is 5.32 Å². The summed E-state index contributed by atoms with van der Waals surface area (Å²) in [7, 11) is 0. The number of benzene rings is 1. The third kappa shape index (κ3) is 2.24. The summed E-state index contributed by atoms with van der Waals surface area (Å²) in [5, 5.41) is 18.9. The number of carbonyl (C=O) groups excluding carboxylic acids is 1. The Bertz CT molecular complexity index is 619. The second kappa shape index (κ2) is 4.85. The minimum Gasteiger partial charge on any atom is -0.392 e. The maximum absolute atomic E-state index is 12.2. The van der Waals surface area contributed by atoms with Crippen LogP contribution in [-0.2, 0) is 19.4 Å². The van der Waals surface area contributed by atoms with Crippen LogP contribution in [0.5, 0.6) is 0 Å². The van der Waals surface area contributed by atoms with Crippen LogP contribution < -0.4 is 5.32 Å². The molecule has 0 aliphatic heterocycles. The van der Waals surface area contributed by atoms with E-state index in [2.05, 4.69) is 15.5 Å². The molecule has 1 amide bonds. The minimum atomic E-state index is -0.200. The molecule has 0 radical (unpaired) electrons. The first kappa shape index (κ1) is 11.9. The number of aliphatic hydroxyl groups excluding tert-OH is 1. The Morgan fingerprint density at radius 3 is 3.16 bits per heavy atom. The van der Waals surface area contributed by atoms with Crippen LogP contribution in [0, 0.1) is 0 Å². The fraction of sp³-hybridized carbons (Fsp3) is 0.286. The molecule has 1 aromatic heterocycles. The molecule has 3 N–H and O–H groups in total. The van der Waals surface area contributed by atoms with Crippen molar-refractivity contribution in [2.24, 2.45) is 0 Å². The summed E-state index contributed by atoms with van der Waals surface area (Å²) in [6, 6.07) is 7.16. The summed E-state index contributed by atoms with van der Waals surface area (Å²) in [4.78, 5) is 12.2. The Labute approximate surface area is 110 Å². The Morgan fingerprint density at radius 1 is 1.42 bits per heavy atom. The quantitative estimate of drug-likeness (QED) is 0.782. The number of nitrogens with one attached hydrogen (secondary N) is 2. The second-order valence-electron chi connectivity index (χ2n) is 4.70. The van der Waals surface area contributed by atoms with Gasteiger partial charge in [0.05, 0.1) is 6.61 Å². The molecule has 0 unspecified atom stereocenters. The van der Waals surface area contributed by atoms with Gasteiger partial charge in [-0.25, -0.2) is 0 Å². The smallest absolute Gasteiger partial charge is 0.276 e. The molecule has 0 saturated carbocycles. The van der Waals surface area contributed by atoms with E-state index in [1.54, 1.807) is 18.2 Å². The van der Waals surface area contributed by atoms with Crippen molar-refractivity contribution in [3.63, 3.8) is 0 Å². The average molecular weight is 257 g/mol. The molecule has 2 aromatic rings. The van der Waals surface area contributed by atoms with Gasteiger partial charge < -0.3 is 10.4 Å². The summed E-state index contributed by atoms with van der Waals surface area (Å²) in [5.41, 5.74) is 4.04. The van der Waals surface area contributed by atoms with E-state index < -0.39 is 0 Å². The van der Waals surface area contributed by atoms with Gasteiger partial charge in [0.15, 0.2) is 5.69 Å². The predicted octanol–water partition coefficient (Wildman–Crippen LogP) is 1.64. The van der Waals surface area contributed by atoms with Crippen molar-refractivity contribution >= 4 is 11.6 Å². The van der Waals surface area contributed by atoms with Crippen LogP contribution >= 0.6 is 0 Å². The van der Waals surface area contributed by atoms with Crippen LogP contribution in [0.1, 0.15) is 33.7 Å². The number of hydrogen-bond donors (Lipinski definition) is 3. The van der Waals surface area contributed by atoms with E-state index in [0.717, 1.165) is 36.1 Å². The zero-order valence-electron chi connectivity index (χ0n) is 10.4. The number of aryl methyl sites for hydroxylation is 1. The van der Waals surface area contributed by atoms with E-state index in [-0.39, 0.29) is 12.5 Å². The van der Waals surface area contributed by atoms with Crippen molar-refractivity contribution in [3.8, 4) is 0 Å². The number of hydrogen-bond acceptors (Lipinski definition) is 3. The number of aliphatic hydroxyl groups is 1. The van der Waals surface area contributed by atoms with E-state index >= 15 is 0 Å². The molecule has 0 fully saturated rings. The Kier molecular flexibility index (Phi) is 3.05. The molecule has 0 spiro atoms. The van der Waals surface area contributed by atoms with Crippen LogP contribution in [0.25, 0.3) is 0 Å². The first-order valence-electron chi connectivity index (χ1n) is 6.35. The molecule has 0 saturated heterocycles. The molecule has 5 nitrogen and oxygen atoms in total. The van der Waals surface area contributed by atoms with Gasteiger partial charge in [0.1, 0.15) is 0 Å². The number of carbonyl (C=O) groups is 1. The summed E-state index contributed by atoms with van der Waals surface area (Å²) in [5.74, 6) is -0.200. The van der Waals surface area contributed by atoms with Crippen molar-refractivity contribution in [2.45, 2.75) is 25.9 Å². The lowest BCUT2D eigenvalue weighted by Gasteiger charge is -2.05. The lowest BCUT2D eigenvalue weighted by Crippen LogP contribution is -2.14. The number of H-pyrrole nitrogens is 1. The van der Waals surface area contributed by atoms with Gasteiger partial charge in [0, 0.05) is 16.9 Å². The predicted molar refractivity (Wildman–Crippen MR) is 70.9 cm³/mol. The van der Waals surface area contributed by atoms with Gasteiger partial charge in [-0.15, -0.1) is 0 Å². The molecule has 1 aliphatic rings. The van der Waals surface area contributed by atoms with Crippen LogP contribution in [0.2, 0.25) is 0 Å². The van der Waals surface area contributed by atoms with Gasteiger partial charge >= 0.3 is 0 Å². The normalized spacial score (nSPS) is 13.3. The molecule has 1 aliphatic carbocycles. The molecule has 98 valence electrons. The number of aromatic amines is 1. The van der Waals surface area contributed by atoms with Crippen molar-refractivity contribution in [1.29, 1.82) is 0 Å². The highest BCUT2D eigenvalue weighted by Crippen LogP contribution is 2.23. The van der Waals surface area contributed by atoms with Gasteiger partial charge in [0.2, 0.25) is 0 Å². The van der Waals surface area contributed by atoms with Gasteiger partial charge in [-0.3, -0.25) is 9.89 Å². The summed E-state index contributed by atoms with van der Waals surface area (Å²) >= 11 is 0. The van der Waals surface area contributed by atoms with Gasteiger partial charge in [-0.1, -0.05) is 12.1 Å². The minimum absolute atomic E-state index is 0.0402. The standard InChI is InChI=1S/C14H15N3O2/c18-8-9-3-1-4-10(7-9)15-14(19)13-11-5-2-6-12(11)16-17-13/h1,3-4,7,18H,2,5-6,8H2,(H,15,19)(H,16,17). The zero-order valence-corrected chi connectivity index (χ0v) is 10.4. The monoisotopic (exact) mass is 257 g/mol. The Balaban J connectivity index is 1.80. The van der Waals surface area contributed by atoms with Crippen LogP contribution in [0.4, 0.5) is 5.69 Å². The average Bonchev–Trinajstić information content (AvgIpc) is 3.01. The first-order valence-corrected chi connectivity index (χ1v) is 6.35. The van der Waals surface area contributed by atoms with Gasteiger partial charge in [-0.2, -0.15) is 5.10 Å². The maximum atomic E-state index is 12.2. The maximum Gasteiger partial charge on any atom is 0.276 e. The largest absolute Gasteiger partial charge is 0.392 e. The first-order chi connectivity index (χ1) is 9.28. The molecule has 19 heavy (non-hydrogen) atoms. The molecular weight excluding hydrogens is 242 g/mol. The number of anilines is 1. The third-order valence-corrected chi connectivity index (χ3v) is 3.39. The highest BCUT2D eigenvalue weighted by molar-refractivity contribution is 6.04. The number of amides is 1. The molecule has 1 heterocycles. The number of fused-ring (bicyclic) bond motifs is 1.